The van der Waals surface area contributed by atoms with Crippen molar-refractivity contribution in [3.8, 4) is 0 Å². The van der Waals surface area contributed by atoms with Gasteiger partial charge in [0.15, 0.2) is 10.8 Å². The van der Waals surface area contributed by atoms with Gasteiger partial charge >= 0.3 is 0 Å². The summed E-state index contributed by atoms with van der Waals surface area (Å²) in [6, 6.07) is 12.0. The van der Waals surface area contributed by atoms with Gasteiger partial charge in [-0.2, -0.15) is 5.10 Å². The van der Waals surface area contributed by atoms with Gasteiger partial charge in [0.25, 0.3) is 5.91 Å². The molecule has 0 spiro atoms. The summed E-state index contributed by atoms with van der Waals surface area (Å²) in [6.45, 7) is 0.646. The van der Waals surface area contributed by atoms with Crippen molar-refractivity contribution in [1.82, 2.24) is 19.7 Å². The number of anilines is 1. The molecular weight excluding hydrogens is 382 g/mol. The predicted octanol–water partition coefficient (Wildman–Crippen LogP) is 4.46. The zero-order valence-electron chi connectivity index (χ0n) is 16.0. The number of thiazole rings is 1. The van der Waals surface area contributed by atoms with Crippen molar-refractivity contribution in [2.24, 2.45) is 0 Å². The third-order valence-electron chi connectivity index (χ3n) is 5.23. The van der Waals surface area contributed by atoms with E-state index >= 15 is 0 Å². The van der Waals surface area contributed by atoms with Crippen LogP contribution < -0.4 is 5.32 Å². The molecular formula is C22H21N5OS. The molecule has 0 saturated heterocycles. The number of carbonyl (C=O) groups is 1. The molecule has 0 unspecified atom stereocenters. The molecule has 0 aliphatic heterocycles. The molecule has 0 atom stereocenters. The molecule has 6 nitrogen and oxygen atoms in total. The molecule has 1 N–H and O–H groups in total. The quantitative estimate of drug-likeness (QED) is 0.511. The average molecular weight is 404 g/mol. The number of nitrogens with zero attached hydrogens (tertiary/aromatic N) is 4. The number of amides is 1. The number of aryl methyl sites for hydroxylation is 2. The topological polar surface area (TPSA) is 72.7 Å². The van der Waals surface area contributed by atoms with Crippen molar-refractivity contribution in [1.29, 1.82) is 0 Å². The van der Waals surface area contributed by atoms with Crippen LogP contribution in [0.5, 0.6) is 0 Å². The Hall–Kier alpha value is -3.06. The molecule has 5 rings (SSSR count). The summed E-state index contributed by atoms with van der Waals surface area (Å²) < 4.78 is 1.85. The van der Waals surface area contributed by atoms with Crippen LogP contribution in [0.15, 0.2) is 48.8 Å². The molecule has 1 aromatic carbocycles. The molecule has 0 fully saturated rings. The Morgan fingerprint density at radius 2 is 1.97 bits per heavy atom. The van der Waals surface area contributed by atoms with Crippen molar-refractivity contribution in [2.45, 2.75) is 38.6 Å². The Morgan fingerprint density at radius 1 is 1.10 bits per heavy atom. The fourth-order valence-corrected chi connectivity index (χ4v) is 4.76. The van der Waals surface area contributed by atoms with Crippen molar-refractivity contribution in [3.05, 3.63) is 70.5 Å². The summed E-state index contributed by atoms with van der Waals surface area (Å²) >= 11 is 1.60. The summed E-state index contributed by atoms with van der Waals surface area (Å²) in [5, 5.41) is 8.92. The van der Waals surface area contributed by atoms with Crippen LogP contribution in [0, 0.1) is 0 Å². The molecule has 0 bridgehead atoms. The first-order chi connectivity index (χ1) is 14.3. The molecule has 29 heavy (non-hydrogen) atoms. The van der Waals surface area contributed by atoms with E-state index in [1.54, 1.807) is 23.7 Å². The second-order valence-electron chi connectivity index (χ2n) is 7.33. The predicted molar refractivity (Wildman–Crippen MR) is 114 cm³/mol. The molecule has 0 radical (unpaired) electrons. The second kappa shape index (κ2) is 7.75. The molecule has 1 amide bonds. The van der Waals surface area contributed by atoms with Gasteiger partial charge in [0.2, 0.25) is 0 Å². The molecule has 7 heteroatoms. The van der Waals surface area contributed by atoms with Gasteiger partial charge in [-0.05, 0) is 37.3 Å². The summed E-state index contributed by atoms with van der Waals surface area (Å²) in [7, 11) is 0. The van der Waals surface area contributed by atoms with Crippen LogP contribution in [0.25, 0.3) is 11.0 Å². The van der Waals surface area contributed by atoms with Crippen molar-refractivity contribution in [2.75, 3.05) is 5.32 Å². The first-order valence-corrected chi connectivity index (χ1v) is 10.7. The lowest BCUT2D eigenvalue weighted by Gasteiger charge is -2.04. The number of fused-ring (bicyclic) bond motifs is 2. The van der Waals surface area contributed by atoms with Gasteiger partial charge in [-0.15, -0.1) is 11.3 Å². The highest BCUT2D eigenvalue weighted by Crippen LogP contribution is 2.29. The zero-order valence-corrected chi connectivity index (χ0v) is 16.8. The van der Waals surface area contributed by atoms with E-state index in [0.29, 0.717) is 17.2 Å². The van der Waals surface area contributed by atoms with Gasteiger partial charge in [-0.3, -0.25) is 10.1 Å². The summed E-state index contributed by atoms with van der Waals surface area (Å²) in [5.74, 6) is -0.181. The Morgan fingerprint density at radius 3 is 2.86 bits per heavy atom. The lowest BCUT2D eigenvalue weighted by molar-refractivity contribution is 0.102. The van der Waals surface area contributed by atoms with Gasteiger partial charge in [-0.1, -0.05) is 36.8 Å². The first-order valence-electron chi connectivity index (χ1n) is 9.92. The lowest BCUT2D eigenvalue weighted by Crippen LogP contribution is -2.12. The SMILES string of the molecule is O=C(Nc1nc2c(s1)CCCCC2)c1cnc2c(cnn2Cc2ccccc2)c1. The largest absolute Gasteiger partial charge is 0.298 e. The van der Waals surface area contributed by atoms with E-state index in [1.807, 2.05) is 28.9 Å². The number of hydrogen-bond donors (Lipinski definition) is 1. The van der Waals surface area contributed by atoms with Crippen LogP contribution in [-0.2, 0) is 19.4 Å². The van der Waals surface area contributed by atoms with Crippen LogP contribution in [0.3, 0.4) is 0 Å². The Kier molecular flexibility index (Phi) is 4.81. The van der Waals surface area contributed by atoms with E-state index in [9.17, 15) is 4.79 Å². The normalized spacial score (nSPS) is 13.8. The fraction of sp³-hybridized carbons (Fsp3) is 0.273. The van der Waals surface area contributed by atoms with Crippen molar-refractivity contribution in [3.63, 3.8) is 0 Å². The van der Waals surface area contributed by atoms with E-state index in [-0.39, 0.29) is 5.91 Å². The highest BCUT2D eigenvalue weighted by Gasteiger charge is 2.17. The van der Waals surface area contributed by atoms with E-state index in [4.69, 9.17) is 0 Å². The smallest absolute Gasteiger partial charge is 0.259 e. The number of hydrogen-bond acceptors (Lipinski definition) is 5. The maximum atomic E-state index is 12.7. The molecule has 1 aliphatic carbocycles. The number of rotatable bonds is 4. The summed E-state index contributed by atoms with van der Waals surface area (Å²) in [5.41, 5.74) is 3.59. The van der Waals surface area contributed by atoms with E-state index in [2.05, 4.69) is 32.5 Å². The molecule has 0 saturated carbocycles. The van der Waals surface area contributed by atoms with Crippen LogP contribution in [0.4, 0.5) is 5.13 Å². The molecule has 4 aromatic rings. The zero-order chi connectivity index (χ0) is 19.6. The van der Waals surface area contributed by atoms with Gasteiger partial charge in [0, 0.05) is 16.5 Å². The summed E-state index contributed by atoms with van der Waals surface area (Å²) in [4.78, 5) is 23.2. The monoisotopic (exact) mass is 403 g/mol. The second-order valence-corrected chi connectivity index (χ2v) is 8.41. The Bertz CT molecular complexity index is 1140. The molecule has 3 heterocycles. The third kappa shape index (κ3) is 3.78. The number of pyridine rings is 1. The fourth-order valence-electron chi connectivity index (χ4n) is 3.72. The van der Waals surface area contributed by atoms with Gasteiger partial charge < -0.3 is 0 Å². The maximum absolute atomic E-state index is 12.7. The van der Waals surface area contributed by atoms with Crippen molar-refractivity contribution < 1.29 is 4.79 Å². The average Bonchev–Trinajstić information content (AvgIpc) is 3.25. The number of nitrogens with one attached hydrogen (secondary N) is 1. The first kappa shape index (κ1) is 18.0. The minimum Gasteiger partial charge on any atom is -0.298 e. The van der Waals surface area contributed by atoms with Gasteiger partial charge in [-0.25, -0.2) is 14.6 Å². The molecule has 3 aromatic heterocycles. The minimum atomic E-state index is -0.181. The van der Waals surface area contributed by atoms with E-state index < -0.39 is 0 Å². The van der Waals surface area contributed by atoms with Crippen LogP contribution in [0.1, 0.15) is 45.8 Å². The standard InChI is InChI=1S/C22H21N5OS/c28-21(26-22-25-18-9-5-2-6-10-19(18)29-22)17-11-16-13-24-27(20(16)23-12-17)14-15-7-3-1-4-8-15/h1,3-4,7-8,11-13H,2,5-6,9-10,14H2,(H,25,26,28). The van der Waals surface area contributed by atoms with Crippen LogP contribution in [-0.4, -0.2) is 25.7 Å². The highest BCUT2D eigenvalue weighted by atomic mass is 32.1. The summed E-state index contributed by atoms with van der Waals surface area (Å²) in [6.07, 6.45) is 9.09. The van der Waals surface area contributed by atoms with Crippen LogP contribution >= 0.6 is 11.3 Å². The lowest BCUT2D eigenvalue weighted by atomic mass is 10.2. The minimum absolute atomic E-state index is 0.181. The van der Waals surface area contributed by atoms with Gasteiger partial charge in [0.05, 0.1) is 24.0 Å². The number of benzene rings is 1. The van der Waals surface area contributed by atoms with E-state index in [1.165, 1.54) is 24.1 Å². The highest BCUT2D eigenvalue weighted by molar-refractivity contribution is 7.15. The Balaban J connectivity index is 1.34. The van der Waals surface area contributed by atoms with E-state index in [0.717, 1.165) is 35.1 Å². The number of carbonyl (C=O) groups excluding carboxylic acids is 1. The van der Waals surface area contributed by atoms with Crippen LogP contribution in [0.2, 0.25) is 0 Å². The third-order valence-corrected chi connectivity index (χ3v) is 6.30. The molecule has 1 aliphatic rings. The molecule has 146 valence electrons. The van der Waals surface area contributed by atoms with Crippen molar-refractivity contribution >= 4 is 33.4 Å². The number of aromatic nitrogens is 4. The van der Waals surface area contributed by atoms with Gasteiger partial charge in [0.1, 0.15) is 0 Å². The Labute approximate surface area is 172 Å². The maximum Gasteiger partial charge on any atom is 0.259 e.